The summed E-state index contributed by atoms with van der Waals surface area (Å²) in [5, 5.41) is 11.8. The maximum absolute atomic E-state index is 13.2. The van der Waals surface area contributed by atoms with Gasteiger partial charge in [-0.3, -0.25) is 4.79 Å². The van der Waals surface area contributed by atoms with Crippen molar-refractivity contribution in [3.63, 3.8) is 0 Å². The zero-order chi connectivity index (χ0) is 14.9. The van der Waals surface area contributed by atoms with Crippen LogP contribution in [0.2, 0.25) is 0 Å². The second-order valence-corrected chi connectivity index (χ2v) is 6.09. The summed E-state index contributed by atoms with van der Waals surface area (Å²) >= 11 is 4.31. The summed E-state index contributed by atoms with van der Waals surface area (Å²) in [5.41, 5.74) is 0.126. The first-order valence-electron chi connectivity index (χ1n) is 5.48. The van der Waals surface area contributed by atoms with E-state index in [0.717, 1.165) is 22.3 Å². The minimum atomic E-state index is -1.12. The summed E-state index contributed by atoms with van der Waals surface area (Å²) in [6.45, 7) is 1.74. The van der Waals surface area contributed by atoms with Crippen LogP contribution in [-0.4, -0.2) is 17.0 Å². The Hall–Kier alpha value is -1.73. The Morgan fingerprint density at radius 1 is 1.30 bits per heavy atom. The number of amides is 1. The van der Waals surface area contributed by atoms with Crippen LogP contribution in [0.15, 0.2) is 28.7 Å². The number of anilines is 1. The molecule has 0 saturated carbocycles. The molecule has 0 saturated heterocycles. The van der Waals surface area contributed by atoms with E-state index in [1.54, 1.807) is 6.92 Å². The summed E-state index contributed by atoms with van der Waals surface area (Å²) in [4.78, 5) is 23.9. The molecular weight excluding hydrogens is 349 g/mol. The van der Waals surface area contributed by atoms with Crippen molar-refractivity contribution in [2.24, 2.45) is 0 Å². The predicted octanol–water partition coefficient (Wildman–Crippen LogP) is 3.91. The first kappa shape index (κ1) is 14.7. The van der Waals surface area contributed by atoms with E-state index in [1.807, 2.05) is 0 Å². The third kappa shape index (κ3) is 3.05. The van der Waals surface area contributed by atoms with Gasteiger partial charge in [-0.15, -0.1) is 11.3 Å². The average Bonchev–Trinajstić information content (AvgIpc) is 2.73. The van der Waals surface area contributed by atoms with Gasteiger partial charge in [0.25, 0.3) is 5.91 Å². The number of rotatable bonds is 3. The van der Waals surface area contributed by atoms with Gasteiger partial charge in [-0.05, 0) is 47.1 Å². The van der Waals surface area contributed by atoms with Crippen LogP contribution < -0.4 is 5.32 Å². The lowest BCUT2D eigenvalue weighted by Gasteiger charge is -2.06. The number of carbonyl (C=O) groups excluding carboxylic acids is 1. The zero-order valence-corrected chi connectivity index (χ0v) is 12.6. The average molecular weight is 358 g/mol. The number of carboxylic acid groups (broad SMARTS) is 1. The second-order valence-electron chi connectivity index (χ2n) is 3.98. The number of halogens is 2. The summed E-state index contributed by atoms with van der Waals surface area (Å²) in [6.07, 6.45) is 0. The molecule has 104 valence electrons. The number of hydrogen-bond acceptors (Lipinski definition) is 3. The fraction of sp³-hybridized carbons (Fsp3) is 0.0769. The minimum Gasteiger partial charge on any atom is -0.478 e. The van der Waals surface area contributed by atoms with Gasteiger partial charge in [-0.25, -0.2) is 9.18 Å². The van der Waals surface area contributed by atoms with E-state index in [-0.39, 0.29) is 16.1 Å². The summed E-state index contributed by atoms with van der Waals surface area (Å²) in [5.74, 6) is -2.23. The highest BCUT2D eigenvalue weighted by Gasteiger charge is 2.18. The molecule has 1 aromatic carbocycles. The molecule has 0 bridgehead atoms. The lowest BCUT2D eigenvalue weighted by Crippen LogP contribution is -2.14. The van der Waals surface area contributed by atoms with Crippen molar-refractivity contribution in [2.45, 2.75) is 6.92 Å². The van der Waals surface area contributed by atoms with Gasteiger partial charge in [0.05, 0.1) is 11.1 Å². The fourth-order valence-electron chi connectivity index (χ4n) is 1.61. The zero-order valence-electron chi connectivity index (χ0n) is 10.2. The standard InChI is InChI=1S/C13H9BrFNO3S/c1-6-4-9(13(18)19)12(20-6)16-11(17)8-5-7(15)2-3-10(8)14/h2-5H,1H3,(H,16,17)(H,18,19). The third-order valence-corrected chi connectivity index (χ3v) is 4.14. The summed E-state index contributed by atoms with van der Waals surface area (Å²) < 4.78 is 13.6. The van der Waals surface area contributed by atoms with Crippen molar-refractivity contribution in [3.8, 4) is 0 Å². The normalized spacial score (nSPS) is 10.3. The summed E-state index contributed by atoms with van der Waals surface area (Å²) in [6, 6.07) is 5.20. The van der Waals surface area contributed by atoms with Crippen LogP contribution in [0, 0.1) is 12.7 Å². The van der Waals surface area contributed by atoms with E-state index in [0.29, 0.717) is 4.47 Å². The van der Waals surface area contributed by atoms with Crippen LogP contribution in [0.3, 0.4) is 0 Å². The third-order valence-electron chi connectivity index (χ3n) is 2.49. The molecule has 20 heavy (non-hydrogen) atoms. The molecule has 0 aliphatic carbocycles. The monoisotopic (exact) mass is 357 g/mol. The lowest BCUT2D eigenvalue weighted by atomic mass is 10.2. The van der Waals surface area contributed by atoms with Gasteiger partial charge in [0.2, 0.25) is 0 Å². The molecule has 2 aromatic rings. The number of hydrogen-bond donors (Lipinski definition) is 2. The molecule has 1 amide bonds. The van der Waals surface area contributed by atoms with E-state index in [9.17, 15) is 14.0 Å². The van der Waals surface area contributed by atoms with Crippen LogP contribution in [0.5, 0.6) is 0 Å². The highest BCUT2D eigenvalue weighted by Crippen LogP contribution is 2.29. The van der Waals surface area contributed by atoms with Gasteiger partial charge >= 0.3 is 5.97 Å². The van der Waals surface area contributed by atoms with Crippen molar-refractivity contribution in [1.82, 2.24) is 0 Å². The predicted molar refractivity (Wildman–Crippen MR) is 78.1 cm³/mol. The molecule has 2 rings (SSSR count). The molecule has 0 radical (unpaired) electrons. The Morgan fingerprint density at radius 2 is 2.00 bits per heavy atom. The van der Waals surface area contributed by atoms with Gasteiger partial charge in [0.15, 0.2) is 0 Å². The van der Waals surface area contributed by atoms with Crippen LogP contribution in [-0.2, 0) is 0 Å². The SMILES string of the molecule is Cc1cc(C(=O)O)c(NC(=O)c2cc(F)ccc2Br)s1. The largest absolute Gasteiger partial charge is 0.478 e. The maximum Gasteiger partial charge on any atom is 0.338 e. The van der Waals surface area contributed by atoms with Gasteiger partial charge in [0, 0.05) is 9.35 Å². The second kappa shape index (κ2) is 5.72. The van der Waals surface area contributed by atoms with Gasteiger partial charge in [-0.1, -0.05) is 0 Å². The number of aryl methyl sites for hydroxylation is 1. The van der Waals surface area contributed by atoms with Crippen molar-refractivity contribution >= 4 is 44.1 Å². The van der Waals surface area contributed by atoms with E-state index >= 15 is 0 Å². The van der Waals surface area contributed by atoms with Crippen molar-refractivity contribution in [2.75, 3.05) is 5.32 Å². The van der Waals surface area contributed by atoms with Crippen LogP contribution in [0.1, 0.15) is 25.6 Å². The fourth-order valence-corrected chi connectivity index (χ4v) is 2.93. The Morgan fingerprint density at radius 3 is 2.65 bits per heavy atom. The molecule has 0 atom stereocenters. The molecule has 0 spiro atoms. The molecule has 0 aliphatic rings. The minimum absolute atomic E-state index is 0.0216. The molecule has 0 fully saturated rings. The molecule has 4 nitrogen and oxygen atoms in total. The quantitative estimate of drug-likeness (QED) is 0.874. The van der Waals surface area contributed by atoms with Gasteiger partial charge < -0.3 is 10.4 Å². The number of carboxylic acids is 1. The Kier molecular flexibility index (Phi) is 4.20. The van der Waals surface area contributed by atoms with Crippen LogP contribution in [0.4, 0.5) is 9.39 Å². The van der Waals surface area contributed by atoms with Gasteiger partial charge in [-0.2, -0.15) is 0 Å². The van der Waals surface area contributed by atoms with Crippen molar-refractivity contribution in [1.29, 1.82) is 0 Å². The maximum atomic E-state index is 13.2. The summed E-state index contributed by atoms with van der Waals surface area (Å²) in [7, 11) is 0. The first-order chi connectivity index (χ1) is 9.38. The number of thiophene rings is 1. The highest BCUT2D eigenvalue weighted by molar-refractivity contribution is 9.10. The smallest absolute Gasteiger partial charge is 0.338 e. The van der Waals surface area contributed by atoms with E-state index in [4.69, 9.17) is 5.11 Å². The lowest BCUT2D eigenvalue weighted by molar-refractivity contribution is 0.0698. The molecule has 1 heterocycles. The van der Waals surface area contributed by atoms with Gasteiger partial charge in [0.1, 0.15) is 10.8 Å². The Balaban J connectivity index is 2.32. The van der Waals surface area contributed by atoms with Crippen molar-refractivity contribution in [3.05, 3.63) is 50.6 Å². The Labute approximate surface area is 126 Å². The van der Waals surface area contributed by atoms with E-state index < -0.39 is 17.7 Å². The topological polar surface area (TPSA) is 66.4 Å². The van der Waals surface area contributed by atoms with E-state index in [2.05, 4.69) is 21.2 Å². The molecular formula is C13H9BrFNO3S. The Bertz CT molecular complexity index is 699. The first-order valence-corrected chi connectivity index (χ1v) is 7.09. The number of benzene rings is 1. The van der Waals surface area contributed by atoms with Crippen LogP contribution >= 0.6 is 27.3 Å². The van der Waals surface area contributed by atoms with Crippen molar-refractivity contribution < 1.29 is 19.1 Å². The molecule has 0 aliphatic heterocycles. The van der Waals surface area contributed by atoms with E-state index in [1.165, 1.54) is 18.2 Å². The molecule has 1 aromatic heterocycles. The highest BCUT2D eigenvalue weighted by atomic mass is 79.9. The molecule has 0 unspecified atom stereocenters. The molecule has 7 heteroatoms. The number of carbonyl (C=O) groups is 2. The molecule has 2 N–H and O–H groups in total. The number of nitrogens with one attached hydrogen (secondary N) is 1. The number of aromatic carboxylic acids is 1. The van der Waals surface area contributed by atoms with Crippen LogP contribution in [0.25, 0.3) is 0 Å².